The summed E-state index contributed by atoms with van der Waals surface area (Å²) in [6, 6.07) is 17.0. The molecule has 2 aromatic carbocycles. The second-order valence-electron chi connectivity index (χ2n) is 6.99. The number of piperazine rings is 1. The zero-order valence-corrected chi connectivity index (χ0v) is 18.3. The summed E-state index contributed by atoms with van der Waals surface area (Å²) < 4.78 is 11.4. The van der Waals surface area contributed by atoms with E-state index in [1.165, 1.54) is 11.8 Å². The molecule has 1 aliphatic rings. The summed E-state index contributed by atoms with van der Waals surface area (Å²) in [7, 11) is 1.62. The van der Waals surface area contributed by atoms with E-state index in [9.17, 15) is 4.79 Å². The van der Waals surface area contributed by atoms with E-state index in [0.29, 0.717) is 37.1 Å². The number of aromatic nitrogens is 2. The van der Waals surface area contributed by atoms with Crippen molar-refractivity contribution in [2.75, 3.05) is 31.6 Å². The van der Waals surface area contributed by atoms with Crippen LogP contribution in [0.3, 0.4) is 0 Å². The molecule has 9 heteroatoms. The zero-order valence-electron chi connectivity index (χ0n) is 17.4. The molecule has 1 N–H and O–H groups in total. The van der Waals surface area contributed by atoms with Crippen LogP contribution in [0, 0.1) is 11.3 Å². The van der Waals surface area contributed by atoms with Crippen LogP contribution in [0.5, 0.6) is 11.6 Å². The normalized spacial score (nSPS) is 13.2. The fourth-order valence-electron chi connectivity index (χ4n) is 3.12. The molecule has 3 aromatic rings. The summed E-state index contributed by atoms with van der Waals surface area (Å²) in [5, 5.41) is 11.8. The number of benzene rings is 2. The van der Waals surface area contributed by atoms with Gasteiger partial charge in [-0.2, -0.15) is 10.2 Å². The number of nitrogens with one attached hydrogen (secondary N) is 1. The Morgan fingerprint density at radius 1 is 1.25 bits per heavy atom. The van der Waals surface area contributed by atoms with Crippen LogP contribution in [0.25, 0.3) is 0 Å². The molecule has 0 bridgehead atoms. The number of nitriles is 1. The van der Waals surface area contributed by atoms with Crippen molar-refractivity contribution in [1.82, 2.24) is 15.3 Å². The smallest absolute Gasteiger partial charge is 0.239 e. The van der Waals surface area contributed by atoms with Crippen molar-refractivity contribution >= 4 is 23.6 Å². The molecule has 0 radical (unpaired) electrons. The highest BCUT2D eigenvalue weighted by Crippen LogP contribution is 2.35. The van der Waals surface area contributed by atoms with Gasteiger partial charge in [0.1, 0.15) is 12.4 Å². The van der Waals surface area contributed by atoms with Gasteiger partial charge >= 0.3 is 0 Å². The maximum Gasteiger partial charge on any atom is 0.239 e. The molecule has 1 saturated heterocycles. The summed E-state index contributed by atoms with van der Waals surface area (Å²) in [6.07, 6.45) is 1.71. The van der Waals surface area contributed by atoms with Gasteiger partial charge in [0.15, 0.2) is 0 Å². The maximum atomic E-state index is 11.8. The third-order valence-electron chi connectivity index (χ3n) is 4.75. The number of rotatable bonds is 7. The van der Waals surface area contributed by atoms with Crippen molar-refractivity contribution < 1.29 is 14.3 Å². The average Bonchev–Trinajstić information content (AvgIpc) is 2.84. The van der Waals surface area contributed by atoms with Crippen LogP contribution in [-0.2, 0) is 11.4 Å². The molecule has 162 valence electrons. The number of ether oxygens (including phenoxy) is 2. The highest BCUT2D eigenvalue weighted by molar-refractivity contribution is 7.99. The minimum Gasteiger partial charge on any atom is -0.497 e. The average molecular weight is 448 g/mol. The Balaban J connectivity index is 1.59. The fourth-order valence-corrected chi connectivity index (χ4v) is 3.94. The van der Waals surface area contributed by atoms with E-state index < -0.39 is 0 Å². The SMILES string of the molecule is COc1cccc(COc2nc(N3CCNC(=O)C3)ncc2Sc2ccc(C#N)cc2)c1. The van der Waals surface area contributed by atoms with Crippen LogP contribution < -0.4 is 19.7 Å². The van der Waals surface area contributed by atoms with Crippen molar-refractivity contribution in [2.24, 2.45) is 0 Å². The van der Waals surface area contributed by atoms with Crippen molar-refractivity contribution in [1.29, 1.82) is 5.26 Å². The Kier molecular flexibility index (Phi) is 6.72. The molecular weight excluding hydrogens is 426 g/mol. The second-order valence-corrected chi connectivity index (χ2v) is 8.10. The number of carbonyl (C=O) groups excluding carboxylic acids is 1. The molecule has 1 aromatic heterocycles. The van der Waals surface area contributed by atoms with Crippen molar-refractivity contribution in [2.45, 2.75) is 16.4 Å². The number of hydrogen-bond acceptors (Lipinski definition) is 8. The van der Waals surface area contributed by atoms with E-state index >= 15 is 0 Å². The van der Waals surface area contributed by atoms with Gasteiger partial charge in [-0.25, -0.2) is 4.98 Å². The first-order valence-electron chi connectivity index (χ1n) is 9.97. The van der Waals surface area contributed by atoms with Crippen molar-refractivity contribution in [3.63, 3.8) is 0 Å². The first kappa shape index (κ1) is 21.5. The molecular formula is C23H21N5O3S. The minimum absolute atomic E-state index is 0.0604. The molecule has 0 saturated carbocycles. The van der Waals surface area contributed by atoms with E-state index in [0.717, 1.165) is 21.1 Å². The zero-order chi connectivity index (χ0) is 22.3. The lowest BCUT2D eigenvalue weighted by Gasteiger charge is -2.27. The van der Waals surface area contributed by atoms with Gasteiger partial charge in [-0.1, -0.05) is 23.9 Å². The van der Waals surface area contributed by atoms with Gasteiger partial charge in [0.25, 0.3) is 0 Å². The first-order chi connectivity index (χ1) is 15.6. The Morgan fingerprint density at radius 2 is 2.09 bits per heavy atom. The number of hydrogen-bond donors (Lipinski definition) is 1. The van der Waals surface area contributed by atoms with Gasteiger partial charge in [-0.3, -0.25) is 4.79 Å². The lowest BCUT2D eigenvalue weighted by molar-refractivity contribution is -0.120. The van der Waals surface area contributed by atoms with Crippen LogP contribution >= 0.6 is 11.8 Å². The van der Waals surface area contributed by atoms with Gasteiger partial charge in [-0.05, 0) is 42.0 Å². The lowest BCUT2D eigenvalue weighted by Crippen LogP contribution is -2.48. The van der Waals surface area contributed by atoms with Gasteiger partial charge < -0.3 is 19.7 Å². The second kappa shape index (κ2) is 10.0. The Morgan fingerprint density at radius 3 is 2.84 bits per heavy atom. The molecule has 2 heterocycles. The van der Waals surface area contributed by atoms with Crippen LogP contribution in [-0.4, -0.2) is 42.6 Å². The number of carbonyl (C=O) groups is 1. The molecule has 0 spiro atoms. The van der Waals surface area contributed by atoms with Gasteiger partial charge in [-0.15, -0.1) is 0 Å². The predicted octanol–water partition coefficient (Wildman–Crippen LogP) is 3.02. The van der Waals surface area contributed by atoms with E-state index in [1.807, 2.05) is 41.3 Å². The third kappa shape index (κ3) is 5.28. The first-order valence-corrected chi connectivity index (χ1v) is 10.8. The summed E-state index contributed by atoms with van der Waals surface area (Å²) >= 11 is 1.45. The topological polar surface area (TPSA) is 100 Å². The molecule has 0 aliphatic carbocycles. The Labute approximate surface area is 190 Å². The number of anilines is 1. The molecule has 0 atom stereocenters. The van der Waals surface area contributed by atoms with E-state index in [4.69, 9.17) is 14.7 Å². The summed E-state index contributed by atoms with van der Waals surface area (Å²) in [4.78, 5) is 24.4. The number of amides is 1. The van der Waals surface area contributed by atoms with Gasteiger partial charge in [0.2, 0.25) is 17.7 Å². The van der Waals surface area contributed by atoms with Gasteiger partial charge in [0, 0.05) is 18.0 Å². The lowest BCUT2D eigenvalue weighted by atomic mass is 10.2. The Hall–Kier alpha value is -3.77. The molecule has 1 fully saturated rings. The Bertz CT molecular complexity index is 1150. The predicted molar refractivity (Wildman–Crippen MR) is 120 cm³/mol. The number of methoxy groups -OCH3 is 1. The summed E-state index contributed by atoms with van der Waals surface area (Å²) in [6.45, 7) is 1.68. The molecule has 1 amide bonds. The monoisotopic (exact) mass is 447 g/mol. The van der Waals surface area contributed by atoms with Crippen LogP contribution in [0.1, 0.15) is 11.1 Å². The van der Waals surface area contributed by atoms with E-state index in [-0.39, 0.29) is 12.5 Å². The minimum atomic E-state index is -0.0604. The van der Waals surface area contributed by atoms with E-state index in [1.54, 1.807) is 25.4 Å². The maximum absolute atomic E-state index is 11.8. The highest BCUT2D eigenvalue weighted by Gasteiger charge is 2.21. The van der Waals surface area contributed by atoms with E-state index in [2.05, 4.69) is 21.4 Å². The molecule has 1 aliphatic heterocycles. The summed E-state index contributed by atoms with van der Waals surface area (Å²) in [5.41, 5.74) is 1.54. The molecule has 0 unspecified atom stereocenters. The number of nitrogens with zero attached hydrogens (tertiary/aromatic N) is 4. The van der Waals surface area contributed by atoms with Crippen LogP contribution in [0.15, 0.2) is 64.5 Å². The quantitative estimate of drug-likeness (QED) is 0.590. The summed E-state index contributed by atoms with van der Waals surface area (Å²) in [5.74, 6) is 1.57. The van der Waals surface area contributed by atoms with Crippen LogP contribution in [0.4, 0.5) is 5.95 Å². The standard InChI is InChI=1S/C23H21N5O3S/c1-30-18-4-2-3-17(11-18)15-31-22-20(32-19-7-5-16(12-24)6-8-19)13-26-23(27-22)28-10-9-25-21(29)14-28/h2-8,11,13H,9-10,14-15H2,1H3,(H,25,29). The molecule has 8 nitrogen and oxygen atoms in total. The molecule has 32 heavy (non-hydrogen) atoms. The van der Waals surface area contributed by atoms with Crippen molar-refractivity contribution in [3.8, 4) is 17.7 Å². The largest absolute Gasteiger partial charge is 0.497 e. The van der Waals surface area contributed by atoms with Gasteiger partial charge in [0.05, 0.1) is 36.4 Å². The van der Waals surface area contributed by atoms with Crippen molar-refractivity contribution in [3.05, 3.63) is 65.9 Å². The highest BCUT2D eigenvalue weighted by atomic mass is 32.2. The van der Waals surface area contributed by atoms with Crippen LogP contribution in [0.2, 0.25) is 0 Å². The fraction of sp³-hybridized carbons (Fsp3) is 0.217. The molecule has 4 rings (SSSR count). The third-order valence-corrected chi connectivity index (χ3v) is 5.76.